The van der Waals surface area contributed by atoms with Crippen LogP contribution < -0.4 is 5.73 Å². The minimum atomic E-state index is -0.494. The number of amides is 2. The third kappa shape index (κ3) is 3.94. The number of halogens is 1. The van der Waals surface area contributed by atoms with Gasteiger partial charge in [-0.1, -0.05) is 31.4 Å². The molecule has 1 aliphatic rings. The van der Waals surface area contributed by atoms with Crippen LogP contribution in [0.3, 0.4) is 0 Å². The van der Waals surface area contributed by atoms with Gasteiger partial charge in [0.2, 0.25) is 5.91 Å². The molecule has 0 aliphatic heterocycles. The van der Waals surface area contributed by atoms with Crippen LogP contribution in [-0.2, 0) is 11.2 Å². The second-order valence-corrected chi connectivity index (χ2v) is 5.75. The SMILES string of the molecule is CCc1cc(C(=O)N(CC(N)=O)C2CCCC2)cc(Cl)n1. The summed E-state index contributed by atoms with van der Waals surface area (Å²) >= 11 is 5.97. The molecule has 5 nitrogen and oxygen atoms in total. The van der Waals surface area contributed by atoms with E-state index in [-0.39, 0.29) is 18.5 Å². The molecule has 6 heteroatoms. The molecule has 2 amide bonds. The van der Waals surface area contributed by atoms with Gasteiger partial charge in [-0.2, -0.15) is 0 Å². The number of pyridine rings is 1. The quantitative estimate of drug-likeness (QED) is 0.847. The smallest absolute Gasteiger partial charge is 0.254 e. The van der Waals surface area contributed by atoms with Crippen LogP contribution in [0, 0.1) is 0 Å². The van der Waals surface area contributed by atoms with Crippen molar-refractivity contribution in [3.05, 3.63) is 28.5 Å². The Labute approximate surface area is 129 Å². The van der Waals surface area contributed by atoms with E-state index in [1.54, 1.807) is 17.0 Å². The number of aryl methyl sites for hydroxylation is 1. The highest BCUT2D eigenvalue weighted by Crippen LogP contribution is 2.25. The van der Waals surface area contributed by atoms with Gasteiger partial charge in [0.05, 0.1) is 6.54 Å². The van der Waals surface area contributed by atoms with Gasteiger partial charge in [-0.05, 0) is 31.4 Å². The first-order chi connectivity index (χ1) is 10.0. The summed E-state index contributed by atoms with van der Waals surface area (Å²) in [6, 6.07) is 3.37. The van der Waals surface area contributed by atoms with Gasteiger partial charge < -0.3 is 10.6 Å². The molecule has 1 heterocycles. The van der Waals surface area contributed by atoms with Crippen LogP contribution in [0.1, 0.15) is 48.7 Å². The Morgan fingerprint density at radius 3 is 2.62 bits per heavy atom. The van der Waals surface area contributed by atoms with Crippen molar-refractivity contribution in [1.82, 2.24) is 9.88 Å². The lowest BCUT2D eigenvalue weighted by Crippen LogP contribution is -2.44. The van der Waals surface area contributed by atoms with E-state index in [9.17, 15) is 9.59 Å². The summed E-state index contributed by atoms with van der Waals surface area (Å²) in [6.07, 6.45) is 4.67. The molecule has 2 rings (SSSR count). The van der Waals surface area contributed by atoms with Crippen molar-refractivity contribution >= 4 is 23.4 Å². The molecule has 1 aliphatic carbocycles. The van der Waals surface area contributed by atoms with Crippen molar-refractivity contribution in [3.63, 3.8) is 0 Å². The normalized spacial score (nSPS) is 15.1. The molecule has 0 bridgehead atoms. The van der Waals surface area contributed by atoms with Crippen LogP contribution in [0.5, 0.6) is 0 Å². The van der Waals surface area contributed by atoms with Crippen LogP contribution in [0.15, 0.2) is 12.1 Å². The van der Waals surface area contributed by atoms with Gasteiger partial charge in [0.1, 0.15) is 5.15 Å². The Kier molecular flexibility index (Phi) is 5.17. The molecule has 0 unspecified atom stereocenters. The maximum atomic E-state index is 12.7. The topological polar surface area (TPSA) is 76.3 Å². The van der Waals surface area contributed by atoms with Gasteiger partial charge in [-0.15, -0.1) is 0 Å². The Balaban J connectivity index is 2.28. The second-order valence-electron chi connectivity index (χ2n) is 5.36. The monoisotopic (exact) mass is 309 g/mol. The molecule has 1 saturated carbocycles. The number of aromatic nitrogens is 1. The van der Waals surface area contributed by atoms with Crippen LogP contribution in [0.2, 0.25) is 5.15 Å². The predicted octanol–water partition coefficient (Wildman–Crippen LogP) is 2.17. The highest BCUT2D eigenvalue weighted by molar-refractivity contribution is 6.29. The molecule has 2 N–H and O–H groups in total. The first-order valence-corrected chi connectivity index (χ1v) is 7.64. The molecule has 0 atom stereocenters. The number of hydrogen-bond donors (Lipinski definition) is 1. The van der Waals surface area contributed by atoms with Crippen molar-refractivity contribution in [3.8, 4) is 0 Å². The third-order valence-corrected chi connectivity index (χ3v) is 4.00. The zero-order valence-electron chi connectivity index (χ0n) is 12.1. The summed E-state index contributed by atoms with van der Waals surface area (Å²) in [7, 11) is 0. The summed E-state index contributed by atoms with van der Waals surface area (Å²) < 4.78 is 0. The Bertz CT molecular complexity index is 542. The molecule has 0 spiro atoms. The molecular formula is C15H20ClN3O2. The van der Waals surface area contributed by atoms with Gasteiger partial charge in [0.25, 0.3) is 5.91 Å². The summed E-state index contributed by atoms with van der Waals surface area (Å²) in [5.41, 5.74) is 6.52. The molecule has 1 aromatic heterocycles. The van der Waals surface area contributed by atoms with E-state index in [1.807, 2.05) is 6.92 Å². The molecule has 114 valence electrons. The van der Waals surface area contributed by atoms with E-state index in [2.05, 4.69) is 4.98 Å². The Morgan fingerprint density at radius 1 is 1.38 bits per heavy atom. The lowest BCUT2D eigenvalue weighted by Gasteiger charge is -2.28. The van der Waals surface area contributed by atoms with E-state index in [4.69, 9.17) is 17.3 Å². The van der Waals surface area contributed by atoms with Crippen LogP contribution in [0.4, 0.5) is 0 Å². The average Bonchev–Trinajstić information content (AvgIpc) is 2.97. The van der Waals surface area contributed by atoms with Gasteiger partial charge in [-0.25, -0.2) is 4.98 Å². The number of carbonyl (C=O) groups is 2. The van der Waals surface area contributed by atoms with E-state index >= 15 is 0 Å². The van der Waals surface area contributed by atoms with Crippen LogP contribution in [0.25, 0.3) is 0 Å². The molecule has 0 saturated heterocycles. The summed E-state index contributed by atoms with van der Waals surface area (Å²) in [6.45, 7) is 1.90. The van der Waals surface area contributed by atoms with E-state index in [0.717, 1.165) is 31.4 Å². The maximum Gasteiger partial charge on any atom is 0.254 e. The lowest BCUT2D eigenvalue weighted by atomic mass is 10.1. The zero-order chi connectivity index (χ0) is 15.4. The van der Waals surface area contributed by atoms with Crippen molar-refractivity contribution in [2.45, 2.75) is 45.1 Å². The molecule has 0 radical (unpaired) electrons. The molecule has 0 aromatic carbocycles. The van der Waals surface area contributed by atoms with Crippen molar-refractivity contribution in [2.75, 3.05) is 6.54 Å². The largest absolute Gasteiger partial charge is 0.368 e. The fourth-order valence-electron chi connectivity index (χ4n) is 2.77. The van der Waals surface area contributed by atoms with Gasteiger partial charge in [0, 0.05) is 17.3 Å². The van der Waals surface area contributed by atoms with Gasteiger partial charge in [-0.3, -0.25) is 9.59 Å². The highest BCUT2D eigenvalue weighted by atomic mass is 35.5. The van der Waals surface area contributed by atoms with Crippen molar-refractivity contribution < 1.29 is 9.59 Å². The average molecular weight is 310 g/mol. The summed E-state index contributed by atoms with van der Waals surface area (Å²) in [4.78, 5) is 29.7. The molecular weight excluding hydrogens is 290 g/mol. The summed E-state index contributed by atoms with van der Waals surface area (Å²) in [5.74, 6) is -0.689. The number of hydrogen-bond acceptors (Lipinski definition) is 3. The van der Waals surface area contributed by atoms with E-state index < -0.39 is 5.91 Å². The van der Waals surface area contributed by atoms with Crippen molar-refractivity contribution in [2.24, 2.45) is 5.73 Å². The number of nitrogens with two attached hydrogens (primary N) is 1. The third-order valence-electron chi connectivity index (χ3n) is 3.81. The Morgan fingerprint density at radius 2 is 2.05 bits per heavy atom. The number of carbonyl (C=O) groups excluding carboxylic acids is 2. The van der Waals surface area contributed by atoms with Crippen LogP contribution in [-0.4, -0.2) is 34.3 Å². The lowest BCUT2D eigenvalue weighted by molar-refractivity contribution is -0.119. The zero-order valence-corrected chi connectivity index (χ0v) is 12.9. The Hall–Kier alpha value is -1.62. The fraction of sp³-hybridized carbons (Fsp3) is 0.533. The molecule has 1 aromatic rings. The van der Waals surface area contributed by atoms with Crippen molar-refractivity contribution in [1.29, 1.82) is 0 Å². The first-order valence-electron chi connectivity index (χ1n) is 7.27. The summed E-state index contributed by atoms with van der Waals surface area (Å²) in [5, 5.41) is 0.295. The van der Waals surface area contributed by atoms with Gasteiger partial charge >= 0.3 is 0 Å². The number of rotatable bonds is 5. The van der Waals surface area contributed by atoms with E-state index in [0.29, 0.717) is 17.1 Å². The fourth-order valence-corrected chi connectivity index (χ4v) is 3.00. The highest BCUT2D eigenvalue weighted by Gasteiger charge is 2.28. The molecule has 21 heavy (non-hydrogen) atoms. The minimum absolute atomic E-state index is 0.0507. The van der Waals surface area contributed by atoms with Crippen LogP contribution >= 0.6 is 11.6 Å². The number of primary amides is 1. The predicted molar refractivity (Wildman–Crippen MR) is 81.1 cm³/mol. The maximum absolute atomic E-state index is 12.7. The minimum Gasteiger partial charge on any atom is -0.368 e. The van der Waals surface area contributed by atoms with E-state index in [1.165, 1.54) is 0 Å². The number of nitrogens with zero attached hydrogens (tertiary/aromatic N) is 2. The molecule has 1 fully saturated rings. The first kappa shape index (κ1) is 15.8. The standard InChI is InChI=1S/C15H20ClN3O2/c1-2-11-7-10(8-13(16)18-11)15(21)19(9-14(17)20)12-5-3-4-6-12/h7-8,12H,2-6,9H2,1H3,(H2,17,20). The second kappa shape index (κ2) is 6.89. The van der Waals surface area contributed by atoms with Gasteiger partial charge in [0.15, 0.2) is 0 Å².